The Morgan fingerprint density at radius 2 is 1.85 bits per heavy atom. The molecule has 0 aliphatic carbocycles. The molecule has 0 saturated carbocycles. The summed E-state index contributed by atoms with van der Waals surface area (Å²) in [6.07, 6.45) is 4.30. The van der Waals surface area contributed by atoms with Crippen LogP contribution in [0.3, 0.4) is 0 Å². The van der Waals surface area contributed by atoms with E-state index in [1.54, 1.807) is 6.07 Å². The summed E-state index contributed by atoms with van der Waals surface area (Å²) in [5.41, 5.74) is 3.89. The van der Waals surface area contributed by atoms with Gasteiger partial charge in [0.2, 0.25) is 0 Å². The van der Waals surface area contributed by atoms with E-state index in [0.29, 0.717) is 28.1 Å². The molecule has 0 radical (unpaired) electrons. The molecule has 1 N–H and O–H groups in total. The summed E-state index contributed by atoms with van der Waals surface area (Å²) in [5.74, 6) is 0.145. The van der Waals surface area contributed by atoms with Crippen LogP contribution in [0.5, 0.6) is 5.75 Å². The number of ether oxygens (including phenoxy) is 2. The van der Waals surface area contributed by atoms with E-state index in [1.807, 2.05) is 50.2 Å². The Bertz CT molecular complexity index is 1390. The lowest BCUT2D eigenvalue weighted by Gasteiger charge is -2.29. The third-order valence-corrected chi connectivity index (χ3v) is 6.97. The number of hydrogen-bond donors (Lipinski definition) is 1. The van der Waals surface area contributed by atoms with Gasteiger partial charge >= 0.3 is 5.97 Å². The number of para-hydroxylation sites is 1. The molecule has 6 heteroatoms. The number of fused-ring (bicyclic) bond motifs is 4. The predicted octanol–water partition coefficient (Wildman–Crippen LogP) is 6.05. The average Bonchev–Trinajstić information content (AvgIpc) is 3.33. The number of benzene rings is 2. The van der Waals surface area contributed by atoms with Gasteiger partial charge in [0.15, 0.2) is 5.76 Å². The molecule has 2 saturated heterocycles. The maximum absolute atomic E-state index is 12.4. The highest BCUT2D eigenvalue weighted by molar-refractivity contribution is 6.07. The smallest absolute Gasteiger partial charge is 0.336 e. The molecule has 0 unspecified atom stereocenters. The van der Waals surface area contributed by atoms with Crippen molar-refractivity contribution < 1.29 is 23.8 Å². The van der Waals surface area contributed by atoms with E-state index in [4.69, 9.17) is 18.9 Å². The number of nitrogens with zero attached hydrogens (tertiary/aromatic N) is 1. The van der Waals surface area contributed by atoms with E-state index in [2.05, 4.69) is 0 Å². The third kappa shape index (κ3) is 3.37. The second-order valence-electron chi connectivity index (χ2n) is 9.19. The van der Waals surface area contributed by atoms with Gasteiger partial charge in [-0.1, -0.05) is 24.3 Å². The van der Waals surface area contributed by atoms with Gasteiger partial charge in [0.25, 0.3) is 0 Å². The molecule has 3 atom stereocenters. The zero-order chi connectivity index (χ0) is 22.7. The molecule has 2 bridgehead atoms. The van der Waals surface area contributed by atoms with Crippen LogP contribution in [0.25, 0.3) is 33.3 Å². The Labute approximate surface area is 191 Å². The highest BCUT2D eigenvalue weighted by Crippen LogP contribution is 2.39. The van der Waals surface area contributed by atoms with E-state index in [1.165, 1.54) is 0 Å². The Balaban J connectivity index is 1.50. The summed E-state index contributed by atoms with van der Waals surface area (Å²) in [4.78, 5) is 17.3. The van der Waals surface area contributed by atoms with Crippen LogP contribution in [0, 0.1) is 13.8 Å². The van der Waals surface area contributed by atoms with Crippen molar-refractivity contribution >= 4 is 27.8 Å². The second kappa shape index (κ2) is 7.59. The minimum absolute atomic E-state index is 0.0149. The first-order chi connectivity index (χ1) is 16.0. The summed E-state index contributed by atoms with van der Waals surface area (Å²) in [5, 5.41) is 11.7. The Hall–Kier alpha value is -3.38. The predicted molar refractivity (Wildman–Crippen MR) is 125 cm³/mol. The van der Waals surface area contributed by atoms with Gasteiger partial charge < -0.3 is 19.0 Å². The SMILES string of the molecule is Cc1c(-c2cc(C(=O)O)c3c(O[C@H]4C[C@H]5CC[C@@H](C4)O5)ccc(C)c3n2)oc2ccccc12. The Morgan fingerprint density at radius 3 is 2.58 bits per heavy atom. The normalized spacial score (nSPS) is 22.2. The van der Waals surface area contributed by atoms with Crippen LogP contribution in [-0.4, -0.2) is 34.4 Å². The largest absolute Gasteiger partial charge is 0.489 e. The van der Waals surface area contributed by atoms with Gasteiger partial charge in [-0.2, -0.15) is 0 Å². The molecule has 2 fully saturated rings. The van der Waals surface area contributed by atoms with Crippen LogP contribution in [0.15, 0.2) is 46.9 Å². The number of pyridine rings is 1. The van der Waals surface area contributed by atoms with Crippen molar-refractivity contribution in [2.75, 3.05) is 0 Å². The summed E-state index contributed by atoms with van der Waals surface area (Å²) >= 11 is 0. The monoisotopic (exact) mass is 443 g/mol. The molecule has 168 valence electrons. The summed E-state index contributed by atoms with van der Waals surface area (Å²) < 4.78 is 18.4. The number of aryl methyl sites for hydroxylation is 2. The van der Waals surface area contributed by atoms with Gasteiger partial charge in [-0.15, -0.1) is 0 Å². The zero-order valence-electron chi connectivity index (χ0n) is 18.6. The van der Waals surface area contributed by atoms with Crippen molar-refractivity contribution in [1.29, 1.82) is 0 Å². The van der Waals surface area contributed by atoms with Crippen LogP contribution in [0.2, 0.25) is 0 Å². The van der Waals surface area contributed by atoms with Crippen molar-refractivity contribution in [3.05, 3.63) is 59.2 Å². The van der Waals surface area contributed by atoms with Crippen molar-refractivity contribution in [3.63, 3.8) is 0 Å². The Morgan fingerprint density at radius 1 is 1.09 bits per heavy atom. The van der Waals surface area contributed by atoms with E-state index in [0.717, 1.165) is 47.8 Å². The lowest BCUT2D eigenvalue weighted by Crippen LogP contribution is -2.32. The number of hydrogen-bond acceptors (Lipinski definition) is 5. The zero-order valence-corrected chi connectivity index (χ0v) is 18.6. The maximum Gasteiger partial charge on any atom is 0.336 e. The van der Waals surface area contributed by atoms with Gasteiger partial charge in [-0.05, 0) is 50.5 Å². The second-order valence-corrected chi connectivity index (χ2v) is 9.19. The lowest BCUT2D eigenvalue weighted by atomic mass is 10.0. The molecule has 2 aromatic heterocycles. The first kappa shape index (κ1) is 20.2. The average molecular weight is 443 g/mol. The molecule has 2 aromatic carbocycles. The maximum atomic E-state index is 12.4. The molecule has 4 heterocycles. The van der Waals surface area contributed by atoms with E-state index >= 15 is 0 Å². The molecule has 2 aliphatic heterocycles. The van der Waals surface area contributed by atoms with Gasteiger partial charge in [0.1, 0.15) is 23.1 Å². The number of carboxylic acid groups (broad SMARTS) is 1. The minimum atomic E-state index is -1.01. The first-order valence-corrected chi connectivity index (χ1v) is 11.5. The highest BCUT2D eigenvalue weighted by atomic mass is 16.5. The molecule has 0 amide bonds. The number of carbonyl (C=O) groups is 1. The summed E-state index contributed by atoms with van der Waals surface area (Å²) in [6.45, 7) is 3.91. The number of carboxylic acids is 1. The molecule has 2 aliphatic rings. The van der Waals surface area contributed by atoms with Gasteiger partial charge in [-0.3, -0.25) is 0 Å². The van der Waals surface area contributed by atoms with E-state index in [-0.39, 0.29) is 23.9 Å². The molecular weight excluding hydrogens is 418 g/mol. The third-order valence-electron chi connectivity index (χ3n) is 6.97. The van der Waals surface area contributed by atoms with Crippen molar-refractivity contribution in [1.82, 2.24) is 4.98 Å². The molecule has 4 aromatic rings. The fourth-order valence-corrected chi connectivity index (χ4v) is 5.33. The Kier molecular flexibility index (Phi) is 4.66. The van der Waals surface area contributed by atoms with Gasteiger partial charge in [0.05, 0.1) is 28.7 Å². The van der Waals surface area contributed by atoms with E-state index in [9.17, 15) is 9.90 Å². The highest BCUT2D eigenvalue weighted by Gasteiger charge is 2.36. The van der Waals surface area contributed by atoms with Crippen LogP contribution < -0.4 is 4.74 Å². The van der Waals surface area contributed by atoms with Crippen LogP contribution in [-0.2, 0) is 4.74 Å². The molecule has 6 nitrogen and oxygen atoms in total. The number of furan rings is 1. The standard InChI is InChI=1S/C27H25NO5/c1-14-7-10-23(32-18-11-16-8-9-17(12-18)31-16)24-20(27(29)30)13-21(28-25(14)24)26-15(2)19-5-3-4-6-22(19)33-26/h3-7,10,13,16-18H,8-9,11-12H2,1-2H3,(H,29,30)/t16-,17+,18+. The molecular formula is C27H25NO5. The summed E-state index contributed by atoms with van der Waals surface area (Å²) in [7, 11) is 0. The number of aromatic nitrogens is 1. The van der Waals surface area contributed by atoms with Crippen LogP contribution >= 0.6 is 0 Å². The van der Waals surface area contributed by atoms with Crippen LogP contribution in [0.4, 0.5) is 0 Å². The van der Waals surface area contributed by atoms with Crippen molar-refractivity contribution in [2.45, 2.75) is 57.8 Å². The lowest BCUT2D eigenvalue weighted by molar-refractivity contribution is -0.0435. The number of aromatic carboxylic acids is 1. The topological polar surface area (TPSA) is 81.8 Å². The number of rotatable bonds is 4. The molecule has 33 heavy (non-hydrogen) atoms. The van der Waals surface area contributed by atoms with Gasteiger partial charge in [0, 0.05) is 23.8 Å². The molecule has 0 spiro atoms. The quantitative estimate of drug-likeness (QED) is 0.413. The summed E-state index contributed by atoms with van der Waals surface area (Å²) in [6, 6.07) is 13.2. The minimum Gasteiger partial charge on any atom is -0.489 e. The fourth-order valence-electron chi connectivity index (χ4n) is 5.33. The molecule has 6 rings (SSSR count). The van der Waals surface area contributed by atoms with Crippen molar-refractivity contribution in [3.8, 4) is 17.2 Å². The van der Waals surface area contributed by atoms with Gasteiger partial charge in [-0.25, -0.2) is 9.78 Å². The van der Waals surface area contributed by atoms with E-state index < -0.39 is 5.97 Å². The first-order valence-electron chi connectivity index (χ1n) is 11.5. The van der Waals surface area contributed by atoms with Crippen LogP contribution in [0.1, 0.15) is 47.2 Å². The fraction of sp³-hybridized carbons (Fsp3) is 0.333. The van der Waals surface area contributed by atoms with Crippen molar-refractivity contribution in [2.24, 2.45) is 0 Å².